The first kappa shape index (κ1) is 25.0. The van der Waals surface area contributed by atoms with E-state index in [-0.39, 0.29) is 18.0 Å². The van der Waals surface area contributed by atoms with Gasteiger partial charge < -0.3 is 14.8 Å². The molecule has 3 heterocycles. The number of aromatic nitrogens is 3. The highest BCUT2D eigenvalue weighted by Crippen LogP contribution is 2.30. The van der Waals surface area contributed by atoms with Gasteiger partial charge in [-0.2, -0.15) is 0 Å². The first-order valence-electron chi connectivity index (χ1n) is 11.7. The summed E-state index contributed by atoms with van der Waals surface area (Å²) in [4.78, 5) is 19.8. The van der Waals surface area contributed by atoms with E-state index in [1.54, 1.807) is 18.0 Å². The van der Waals surface area contributed by atoms with Gasteiger partial charge in [0, 0.05) is 45.1 Å². The summed E-state index contributed by atoms with van der Waals surface area (Å²) in [6.07, 6.45) is 3.42. The van der Waals surface area contributed by atoms with Gasteiger partial charge >= 0.3 is 6.03 Å². The fourth-order valence-corrected chi connectivity index (χ4v) is 4.55. The second-order valence-electron chi connectivity index (χ2n) is 8.46. The molecule has 2 aromatic heterocycles. The van der Waals surface area contributed by atoms with Crippen molar-refractivity contribution in [3.8, 4) is 11.6 Å². The highest BCUT2D eigenvalue weighted by atomic mass is 35.5. The third-order valence-electron chi connectivity index (χ3n) is 6.07. The topological polar surface area (TPSA) is 93.5 Å². The van der Waals surface area contributed by atoms with Crippen LogP contribution in [0.3, 0.4) is 0 Å². The minimum Gasteiger partial charge on any atom is -0.477 e. The maximum Gasteiger partial charge on any atom is 0.320 e. The molecule has 1 fully saturated rings. The number of methoxy groups -OCH3 is 1. The van der Waals surface area contributed by atoms with Crippen molar-refractivity contribution >= 4 is 23.4 Å². The van der Waals surface area contributed by atoms with E-state index in [4.69, 9.17) is 21.1 Å². The SMILES string of the molecule is CCOc1nn(-c2ccccc2)c(NC(=O)NC2CN(CCOC)CC2c2cncc(Cl)c2)c1C. The first-order valence-corrected chi connectivity index (χ1v) is 12.0. The number of nitrogens with zero attached hydrogens (tertiary/aromatic N) is 4. The molecule has 35 heavy (non-hydrogen) atoms. The molecule has 0 radical (unpaired) electrons. The Kier molecular flexibility index (Phi) is 8.22. The number of halogens is 1. The van der Waals surface area contributed by atoms with Crippen molar-refractivity contribution < 1.29 is 14.3 Å². The van der Waals surface area contributed by atoms with Crippen molar-refractivity contribution in [2.45, 2.75) is 25.8 Å². The molecular formula is C25H31ClN6O3. The summed E-state index contributed by atoms with van der Waals surface area (Å²) in [5.41, 5.74) is 2.58. The summed E-state index contributed by atoms with van der Waals surface area (Å²) < 4.78 is 12.6. The molecule has 2 atom stereocenters. The monoisotopic (exact) mass is 498 g/mol. The Morgan fingerprint density at radius 3 is 2.74 bits per heavy atom. The summed E-state index contributed by atoms with van der Waals surface area (Å²) in [6, 6.07) is 11.1. The molecule has 1 saturated heterocycles. The van der Waals surface area contributed by atoms with E-state index in [9.17, 15) is 4.79 Å². The van der Waals surface area contributed by atoms with Gasteiger partial charge in [0.1, 0.15) is 5.82 Å². The highest BCUT2D eigenvalue weighted by Gasteiger charge is 2.35. The molecule has 9 nitrogen and oxygen atoms in total. The Balaban J connectivity index is 1.55. The third kappa shape index (κ3) is 5.93. The van der Waals surface area contributed by atoms with Crippen molar-refractivity contribution in [2.75, 3.05) is 45.3 Å². The second kappa shape index (κ2) is 11.5. The Hall–Kier alpha value is -3.14. The van der Waals surface area contributed by atoms with Crippen molar-refractivity contribution in [1.82, 2.24) is 25.0 Å². The van der Waals surface area contributed by atoms with E-state index in [1.165, 1.54) is 0 Å². The molecule has 3 aromatic rings. The zero-order valence-electron chi connectivity index (χ0n) is 20.2. The fourth-order valence-electron chi connectivity index (χ4n) is 4.37. The predicted molar refractivity (Wildman–Crippen MR) is 136 cm³/mol. The van der Waals surface area contributed by atoms with Gasteiger partial charge in [0.05, 0.1) is 35.5 Å². The number of amides is 2. The Morgan fingerprint density at radius 2 is 2.03 bits per heavy atom. The minimum absolute atomic E-state index is 0.0444. The van der Waals surface area contributed by atoms with Gasteiger partial charge in [-0.15, -0.1) is 5.10 Å². The molecular weight excluding hydrogens is 468 g/mol. The molecule has 10 heteroatoms. The molecule has 0 spiro atoms. The van der Waals surface area contributed by atoms with Crippen LogP contribution in [0.5, 0.6) is 5.88 Å². The van der Waals surface area contributed by atoms with Crippen LogP contribution in [0.15, 0.2) is 48.8 Å². The summed E-state index contributed by atoms with van der Waals surface area (Å²) in [5, 5.41) is 11.3. The zero-order chi connectivity index (χ0) is 24.8. The van der Waals surface area contributed by atoms with Gasteiger partial charge in [-0.1, -0.05) is 29.8 Å². The molecule has 2 amide bonds. The lowest BCUT2D eigenvalue weighted by atomic mass is 9.96. The zero-order valence-corrected chi connectivity index (χ0v) is 21.0. The molecule has 1 aliphatic heterocycles. The Morgan fingerprint density at radius 1 is 1.23 bits per heavy atom. The van der Waals surface area contributed by atoms with Gasteiger partial charge in [0.2, 0.25) is 5.88 Å². The van der Waals surface area contributed by atoms with E-state index in [0.717, 1.165) is 29.9 Å². The molecule has 0 bridgehead atoms. The van der Waals surface area contributed by atoms with Gasteiger partial charge in [0.15, 0.2) is 0 Å². The number of ether oxygens (including phenoxy) is 2. The minimum atomic E-state index is -0.313. The number of hydrogen-bond acceptors (Lipinski definition) is 6. The van der Waals surface area contributed by atoms with E-state index in [0.29, 0.717) is 36.5 Å². The number of anilines is 1. The quantitative estimate of drug-likeness (QED) is 0.465. The normalized spacial score (nSPS) is 17.9. The van der Waals surface area contributed by atoms with Gasteiger partial charge in [-0.05, 0) is 37.6 Å². The summed E-state index contributed by atoms with van der Waals surface area (Å²) >= 11 is 6.21. The van der Waals surface area contributed by atoms with Gasteiger partial charge in [0.25, 0.3) is 0 Å². The molecule has 0 saturated carbocycles. The number of benzene rings is 1. The van der Waals surface area contributed by atoms with Crippen molar-refractivity contribution in [1.29, 1.82) is 0 Å². The summed E-state index contributed by atoms with van der Waals surface area (Å²) in [7, 11) is 1.69. The van der Waals surface area contributed by atoms with Crippen LogP contribution in [0.25, 0.3) is 5.69 Å². The number of carbonyl (C=O) groups excluding carboxylic acids is 1. The van der Waals surface area contributed by atoms with Crippen molar-refractivity contribution in [3.63, 3.8) is 0 Å². The van der Waals surface area contributed by atoms with Crippen LogP contribution in [0.2, 0.25) is 5.02 Å². The molecule has 4 rings (SSSR count). The maximum absolute atomic E-state index is 13.2. The largest absolute Gasteiger partial charge is 0.477 e. The molecule has 2 unspecified atom stereocenters. The van der Waals surface area contributed by atoms with E-state index in [1.807, 2.05) is 56.4 Å². The smallest absolute Gasteiger partial charge is 0.320 e. The number of hydrogen-bond donors (Lipinski definition) is 2. The lowest BCUT2D eigenvalue weighted by molar-refractivity contribution is 0.159. The number of pyridine rings is 1. The summed E-state index contributed by atoms with van der Waals surface area (Å²) in [6.45, 7) is 7.12. The average molecular weight is 499 g/mol. The second-order valence-corrected chi connectivity index (χ2v) is 8.90. The fraction of sp³-hybridized carbons (Fsp3) is 0.400. The summed E-state index contributed by atoms with van der Waals surface area (Å²) in [5.74, 6) is 1.09. The lowest BCUT2D eigenvalue weighted by Crippen LogP contribution is -2.42. The highest BCUT2D eigenvalue weighted by molar-refractivity contribution is 6.30. The number of para-hydroxylation sites is 1. The number of rotatable bonds is 9. The third-order valence-corrected chi connectivity index (χ3v) is 6.28. The van der Waals surface area contributed by atoms with Crippen LogP contribution in [-0.2, 0) is 4.74 Å². The number of carbonyl (C=O) groups is 1. The van der Waals surface area contributed by atoms with E-state index in [2.05, 4.69) is 25.6 Å². The number of nitrogens with one attached hydrogen (secondary N) is 2. The standard InChI is InChI=1S/C25H31ClN6O3/c1-4-35-24-17(2)23(32(30-24)20-8-6-5-7-9-20)29-25(33)28-22-16-31(10-11-34-3)15-21(22)18-12-19(26)14-27-13-18/h5-9,12-14,21-22H,4,10-11,15-16H2,1-3H3,(H2,28,29,33). The van der Waals surface area contributed by atoms with Crippen molar-refractivity contribution in [3.05, 3.63) is 64.9 Å². The van der Waals surface area contributed by atoms with Crippen LogP contribution in [0.1, 0.15) is 24.0 Å². The molecule has 0 aliphatic carbocycles. The number of urea groups is 1. The van der Waals surface area contributed by atoms with Crippen LogP contribution < -0.4 is 15.4 Å². The van der Waals surface area contributed by atoms with Crippen LogP contribution in [0.4, 0.5) is 10.6 Å². The predicted octanol–water partition coefficient (Wildman–Crippen LogP) is 3.86. The molecule has 1 aliphatic rings. The molecule has 186 valence electrons. The van der Waals surface area contributed by atoms with Crippen LogP contribution >= 0.6 is 11.6 Å². The lowest BCUT2D eigenvalue weighted by Gasteiger charge is -2.21. The number of likely N-dealkylation sites (tertiary alicyclic amines) is 1. The molecule has 1 aromatic carbocycles. The Bertz CT molecular complexity index is 1140. The average Bonchev–Trinajstić information content (AvgIpc) is 3.39. The first-order chi connectivity index (χ1) is 17.0. The van der Waals surface area contributed by atoms with Gasteiger partial charge in [-0.3, -0.25) is 15.2 Å². The van der Waals surface area contributed by atoms with Crippen LogP contribution in [-0.4, -0.2) is 71.7 Å². The van der Waals surface area contributed by atoms with Crippen molar-refractivity contribution in [2.24, 2.45) is 0 Å². The van der Waals surface area contributed by atoms with E-state index >= 15 is 0 Å². The van der Waals surface area contributed by atoms with Gasteiger partial charge in [-0.25, -0.2) is 9.48 Å². The van der Waals surface area contributed by atoms with E-state index < -0.39 is 0 Å². The Labute approximate surface area is 210 Å². The maximum atomic E-state index is 13.2. The molecule has 2 N–H and O–H groups in total. The van der Waals surface area contributed by atoms with Crippen LogP contribution in [0, 0.1) is 6.92 Å².